The largest absolute Gasteiger partial charge is 0.507 e. The maximum absolute atomic E-state index is 12.0. The van der Waals surface area contributed by atoms with Crippen molar-refractivity contribution < 1.29 is 14.6 Å². The van der Waals surface area contributed by atoms with Crippen molar-refractivity contribution in [2.75, 3.05) is 12.4 Å². The maximum Gasteiger partial charge on any atom is 0.260 e. The number of hydrogen-bond acceptors (Lipinski definition) is 5. The Morgan fingerprint density at radius 2 is 2.21 bits per heavy atom. The van der Waals surface area contributed by atoms with Crippen LogP contribution in [0.15, 0.2) is 30.6 Å². The van der Waals surface area contributed by atoms with E-state index in [1.807, 2.05) is 0 Å². The molecule has 0 fully saturated rings. The van der Waals surface area contributed by atoms with Gasteiger partial charge in [0.2, 0.25) is 0 Å². The lowest BCUT2D eigenvalue weighted by molar-refractivity contribution is 0.102. The van der Waals surface area contributed by atoms with E-state index in [0.717, 1.165) is 0 Å². The Balaban J connectivity index is 2.25. The van der Waals surface area contributed by atoms with E-state index in [2.05, 4.69) is 15.3 Å². The molecule has 0 aliphatic rings. The van der Waals surface area contributed by atoms with Gasteiger partial charge in [0.15, 0.2) is 5.82 Å². The third-order valence-electron chi connectivity index (χ3n) is 2.30. The zero-order valence-corrected chi connectivity index (χ0v) is 10.7. The van der Waals surface area contributed by atoms with Crippen molar-refractivity contribution in [3.05, 3.63) is 41.3 Å². The molecule has 1 amide bonds. The Bertz CT molecular complexity index is 619. The number of aromatic nitrogens is 2. The summed E-state index contributed by atoms with van der Waals surface area (Å²) < 4.78 is 4.99. The number of aromatic hydroxyl groups is 1. The van der Waals surface area contributed by atoms with Gasteiger partial charge in [0.1, 0.15) is 16.7 Å². The number of anilines is 1. The predicted molar refractivity (Wildman–Crippen MR) is 69.7 cm³/mol. The van der Waals surface area contributed by atoms with Crippen molar-refractivity contribution in [1.29, 1.82) is 0 Å². The Hall–Kier alpha value is -2.34. The fraction of sp³-hybridized carbons (Fsp3) is 0.0833. The molecule has 1 aromatic carbocycles. The van der Waals surface area contributed by atoms with E-state index in [9.17, 15) is 9.90 Å². The number of ether oxygens (including phenoxy) is 1. The lowest BCUT2D eigenvalue weighted by atomic mass is 10.2. The summed E-state index contributed by atoms with van der Waals surface area (Å²) in [5.74, 6) is -0.0406. The molecule has 98 valence electrons. The molecule has 19 heavy (non-hydrogen) atoms. The number of carbonyl (C=O) groups excluding carboxylic acids is 1. The van der Waals surface area contributed by atoms with Gasteiger partial charge >= 0.3 is 0 Å². The lowest BCUT2D eigenvalue weighted by Gasteiger charge is -2.07. The molecule has 0 radical (unpaired) electrons. The summed E-state index contributed by atoms with van der Waals surface area (Å²) in [7, 11) is 1.47. The molecule has 1 aromatic heterocycles. The number of hydrogen-bond donors (Lipinski definition) is 2. The fourth-order valence-corrected chi connectivity index (χ4v) is 1.56. The average molecular weight is 280 g/mol. The highest BCUT2D eigenvalue weighted by atomic mass is 35.5. The van der Waals surface area contributed by atoms with Crippen molar-refractivity contribution in [1.82, 2.24) is 9.97 Å². The van der Waals surface area contributed by atoms with Crippen LogP contribution in [0.5, 0.6) is 11.5 Å². The molecule has 2 aromatic rings. The smallest absolute Gasteiger partial charge is 0.260 e. The average Bonchev–Trinajstić information content (AvgIpc) is 2.39. The van der Waals surface area contributed by atoms with Gasteiger partial charge in [-0.05, 0) is 18.2 Å². The van der Waals surface area contributed by atoms with Crippen LogP contribution in [0, 0.1) is 0 Å². The van der Waals surface area contributed by atoms with Crippen LogP contribution in [-0.4, -0.2) is 28.1 Å². The summed E-state index contributed by atoms with van der Waals surface area (Å²) in [6.07, 6.45) is 2.70. The van der Waals surface area contributed by atoms with E-state index in [0.29, 0.717) is 5.75 Å². The molecule has 2 N–H and O–H groups in total. The molecule has 0 aliphatic heterocycles. The lowest BCUT2D eigenvalue weighted by Crippen LogP contribution is -2.13. The third-order valence-corrected chi connectivity index (χ3v) is 2.48. The molecule has 0 atom stereocenters. The van der Waals surface area contributed by atoms with Crippen LogP contribution in [0.2, 0.25) is 5.15 Å². The van der Waals surface area contributed by atoms with E-state index in [1.54, 1.807) is 6.07 Å². The molecule has 2 rings (SSSR count). The van der Waals surface area contributed by atoms with Crippen LogP contribution in [0.25, 0.3) is 0 Å². The molecule has 1 heterocycles. The van der Waals surface area contributed by atoms with Gasteiger partial charge in [-0.2, -0.15) is 0 Å². The normalized spacial score (nSPS) is 10.0. The van der Waals surface area contributed by atoms with Crippen LogP contribution in [0.3, 0.4) is 0 Å². The van der Waals surface area contributed by atoms with Gasteiger partial charge in [0.05, 0.1) is 25.1 Å². The number of rotatable bonds is 3. The van der Waals surface area contributed by atoms with Gasteiger partial charge in [-0.3, -0.25) is 9.78 Å². The monoisotopic (exact) mass is 279 g/mol. The minimum atomic E-state index is -0.534. The van der Waals surface area contributed by atoms with Crippen LogP contribution in [0.4, 0.5) is 5.82 Å². The highest BCUT2D eigenvalue weighted by Gasteiger charge is 2.13. The number of nitrogens with zero attached hydrogens (tertiary/aromatic N) is 2. The number of benzene rings is 1. The summed E-state index contributed by atoms with van der Waals surface area (Å²) in [5.41, 5.74) is 0.0705. The van der Waals surface area contributed by atoms with E-state index in [1.165, 1.54) is 31.6 Å². The van der Waals surface area contributed by atoms with E-state index in [4.69, 9.17) is 16.3 Å². The molecule has 0 aliphatic carbocycles. The molecule has 0 bridgehead atoms. The number of carbonyl (C=O) groups is 1. The van der Waals surface area contributed by atoms with Crippen molar-refractivity contribution in [3.63, 3.8) is 0 Å². The third kappa shape index (κ3) is 3.11. The highest BCUT2D eigenvalue weighted by molar-refractivity contribution is 6.29. The minimum Gasteiger partial charge on any atom is -0.507 e. The van der Waals surface area contributed by atoms with Gasteiger partial charge in [-0.1, -0.05) is 11.6 Å². The fourth-order valence-electron chi connectivity index (χ4n) is 1.41. The predicted octanol–water partition coefficient (Wildman–Crippen LogP) is 2.10. The first-order chi connectivity index (χ1) is 9.10. The number of amides is 1. The van der Waals surface area contributed by atoms with Crippen molar-refractivity contribution in [3.8, 4) is 11.5 Å². The van der Waals surface area contributed by atoms with Gasteiger partial charge in [0, 0.05) is 0 Å². The van der Waals surface area contributed by atoms with E-state index in [-0.39, 0.29) is 22.3 Å². The van der Waals surface area contributed by atoms with Gasteiger partial charge in [-0.15, -0.1) is 0 Å². The van der Waals surface area contributed by atoms with Crippen LogP contribution < -0.4 is 10.1 Å². The Labute approximate surface area is 114 Å². The van der Waals surface area contributed by atoms with Crippen molar-refractivity contribution >= 4 is 23.3 Å². The number of phenols is 1. The Kier molecular flexibility index (Phi) is 3.82. The molecule has 0 saturated carbocycles. The summed E-state index contributed by atoms with van der Waals surface area (Å²) in [4.78, 5) is 19.6. The summed E-state index contributed by atoms with van der Waals surface area (Å²) in [6.45, 7) is 0. The van der Waals surface area contributed by atoms with Crippen molar-refractivity contribution in [2.45, 2.75) is 0 Å². The molecule has 6 nitrogen and oxygen atoms in total. The van der Waals surface area contributed by atoms with Gasteiger partial charge in [0.25, 0.3) is 5.91 Å². The number of phenolic OH excluding ortho intramolecular Hbond substituents is 1. The zero-order chi connectivity index (χ0) is 13.8. The van der Waals surface area contributed by atoms with Crippen LogP contribution in [0.1, 0.15) is 10.4 Å². The first kappa shape index (κ1) is 13.1. The first-order valence-electron chi connectivity index (χ1n) is 5.26. The summed E-state index contributed by atoms with van der Waals surface area (Å²) in [6, 6.07) is 4.34. The maximum atomic E-state index is 12.0. The molecular weight excluding hydrogens is 270 g/mol. The molecule has 0 unspecified atom stereocenters. The van der Waals surface area contributed by atoms with E-state index >= 15 is 0 Å². The Morgan fingerprint density at radius 3 is 2.89 bits per heavy atom. The molecule has 0 spiro atoms. The first-order valence-corrected chi connectivity index (χ1v) is 5.64. The topological polar surface area (TPSA) is 84.3 Å². The second-order valence-electron chi connectivity index (χ2n) is 3.56. The summed E-state index contributed by atoms with van der Waals surface area (Å²) >= 11 is 5.66. The number of halogens is 1. The number of methoxy groups -OCH3 is 1. The standard InChI is InChI=1S/C12H10ClN3O3/c1-19-7-2-3-9(17)8(4-7)12(18)16-11-6-14-5-10(13)15-11/h2-6,17H,1H3,(H,15,16,18). The molecule has 0 saturated heterocycles. The second kappa shape index (κ2) is 5.53. The van der Waals surface area contributed by atoms with Gasteiger partial charge < -0.3 is 15.2 Å². The zero-order valence-electron chi connectivity index (χ0n) is 9.92. The quantitative estimate of drug-likeness (QED) is 0.899. The molecule has 7 heteroatoms. The number of nitrogens with one attached hydrogen (secondary N) is 1. The SMILES string of the molecule is COc1ccc(O)c(C(=O)Nc2cncc(Cl)n2)c1. The van der Waals surface area contributed by atoms with E-state index < -0.39 is 5.91 Å². The van der Waals surface area contributed by atoms with Crippen LogP contribution >= 0.6 is 11.6 Å². The summed E-state index contributed by atoms with van der Waals surface area (Å²) in [5, 5.41) is 12.3. The van der Waals surface area contributed by atoms with Crippen LogP contribution in [-0.2, 0) is 0 Å². The molecular formula is C12H10ClN3O3. The van der Waals surface area contributed by atoms with Crippen molar-refractivity contribution in [2.24, 2.45) is 0 Å². The second-order valence-corrected chi connectivity index (χ2v) is 3.95. The highest BCUT2D eigenvalue weighted by Crippen LogP contribution is 2.23. The minimum absolute atomic E-state index is 0.0705. The Morgan fingerprint density at radius 1 is 1.42 bits per heavy atom. The van der Waals surface area contributed by atoms with Gasteiger partial charge in [-0.25, -0.2) is 4.98 Å².